The number of methoxy groups -OCH3 is 1. The van der Waals surface area contributed by atoms with E-state index in [0.717, 1.165) is 29.9 Å². The van der Waals surface area contributed by atoms with E-state index in [1.165, 1.54) is 0 Å². The smallest absolute Gasteiger partial charge is 0.322 e. The van der Waals surface area contributed by atoms with E-state index < -0.39 is 0 Å². The first-order valence-corrected chi connectivity index (χ1v) is 7.74. The number of aryl methyl sites for hydroxylation is 2. The van der Waals surface area contributed by atoms with Gasteiger partial charge in [-0.2, -0.15) is 0 Å². The molecule has 0 radical (unpaired) electrons. The number of nitrogens with one attached hydrogen (secondary N) is 1. The average molecular weight is 315 g/mol. The van der Waals surface area contributed by atoms with Crippen molar-refractivity contribution in [1.82, 2.24) is 10.1 Å². The minimum Gasteiger partial charge on any atom is -0.495 e. The molecule has 1 aliphatic rings. The van der Waals surface area contributed by atoms with Gasteiger partial charge in [-0.3, -0.25) is 0 Å². The number of nitrogens with zero attached hydrogens (tertiary/aromatic N) is 2. The SMILES string of the molecule is COc1ccc(C)cc1NC(=O)N1CCCC1c1cc(C)on1. The molecular formula is C17H21N3O3. The minimum absolute atomic E-state index is 0.0387. The first-order valence-electron chi connectivity index (χ1n) is 7.74. The second kappa shape index (κ2) is 6.32. The minimum atomic E-state index is -0.142. The Labute approximate surface area is 135 Å². The first-order chi connectivity index (χ1) is 11.1. The summed E-state index contributed by atoms with van der Waals surface area (Å²) in [6, 6.07) is 7.42. The molecule has 0 saturated carbocycles. The van der Waals surface area contributed by atoms with Crippen molar-refractivity contribution in [2.75, 3.05) is 19.0 Å². The number of amides is 2. The molecule has 122 valence electrons. The van der Waals surface area contributed by atoms with Crippen LogP contribution in [0.2, 0.25) is 0 Å². The summed E-state index contributed by atoms with van der Waals surface area (Å²) in [4.78, 5) is 14.5. The number of hydrogen-bond donors (Lipinski definition) is 1. The highest BCUT2D eigenvalue weighted by molar-refractivity contribution is 5.91. The number of benzene rings is 1. The summed E-state index contributed by atoms with van der Waals surface area (Å²) in [7, 11) is 1.59. The van der Waals surface area contributed by atoms with Crippen LogP contribution in [0.4, 0.5) is 10.5 Å². The normalized spacial score (nSPS) is 17.3. The van der Waals surface area contributed by atoms with E-state index in [2.05, 4.69) is 10.5 Å². The number of rotatable bonds is 3. The summed E-state index contributed by atoms with van der Waals surface area (Å²) in [6.45, 7) is 4.54. The van der Waals surface area contributed by atoms with Crippen molar-refractivity contribution in [1.29, 1.82) is 0 Å². The first kappa shape index (κ1) is 15.4. The molecule has 1 aromatic heterocycles. The van der Waals surface area contributed by atoms with Crippen LogP contribution in [0.15, 0.2) is 28.8 Å². The van der Waals surface area contributed by atoms with E-state index in [0.29, 0.717) is 18.0 Å². The van der Waals surface area contributed by atoms with Gasteiger partial charge in [0.2, 0.25) is 0 Å². The number of hydrogen-bond acceptors (Lipinski definition) is 4. The third-order valence-corrected chi connectivity index (χ3v) is 4.10. The maximum absolute atomic E-state index is 12.7. The Morgan fingerprint density at radius 3 is 2.91 bits per heavy atom. The van der Waals surface area contributed by atoms with Crippen LogP contribution in [0.1, 0.15) is 35.9 Å². The molecule has 0 bridgehead atoms. The Hall–Kier alpha value is -2.50. The van der Waals surface area contributed by atoms with Crippen molar-refractivity contribution in [2.45, 2.75) is 32.7 Å². The van der Waals surface area contributed by atoms with Gasteiger partial charge in [0.15, 0.2) is 0 Å². The van der Waals surface area contributed by atoms with Gasteiger partial charge in [0.05, 0.1) is 18.8 Å². The fourth-order valence-electron chi connectivity index (χ4n) is 2.97. The van der Waals surface area contributed by atoms with E-state index in [9.17, 15) is 4.79 Å². The Balaban J connectivity index is 1.79. The summed E-state index contributed by atoms with van der Waals surface area (Å²) >= 11 is 0. The maximum atomic E-state index is 12.7. The van der Waals surface area contributed by atoms with Gasteiger partial charge in [-0.1, -0.05) is 11.2 Å². The van der Waals surface area contributed by atoms with Gasteiger partial charge in [0, 0.05) is 12.6 Å². The lowest BCUT2D eigenvalue weighted by Gasteiger charge is -2.24. The van der Waals surface area contributed by atoms with Gasteiger partial charge >= 0.3 is 6.03 Å². The van der Waals surface area contributed by atoms with Crippen LogP contribution in [0.3, 0.4) is 0 Å². The molecule has 1 unspecified atom stereocenters. The third-order valence-electron chi connectivity index (χ3n) is 4.10. The second-order valence-corrected chi connectivity index (χ2v) is 5.85. The fourth-order valence-corrected chi connectivity index (χ4v) is 2.97. The van der Waals surface area contributed by atoms with Crippen LogP contribution in [0.25, 0.3) is 0 Å². The molecule has 1 fully saturated rings. The Kier molecular flexibility index (Phi) is 4.23. The van der Waals surface area contributed by atoms with Gasteiger partial charge in [-0.25, -0.2) is 4.79 Å². The van der Waals surface area contributed by atoms with Crippen molar-refractivity contribution in [3.63, 3.8) is 0 Å². The average Bonchev–Trinajstić information content (AvgIpc) is 3.15. The predicted molar refractivity (Wildman–Crippen MR) is 86.7 cm³/mol. The molecule has 0 aliphatic carbocycles. The lowest BCUT2D eigenvalue weighted by atomic mass is 10.1. The third kappa shape index (κ3) is 3.16. The summed E-state index contributed by atoms with van der Waals surface area (Å²) in [6.07, 6.45) is 1.85. The molecule has 1 aromatic carbocycles. The van der Waals surface area contributed by atoms with Crippen molar-refractivity contribution in [3.05, 3.63) is 41.3 Å². The molecule has 6 heteroatoms. The monoisotopic (exact) mass is 315 g/mol. The maximum Gasteiger partial charge on any atom is 0.322 e. The molecule has 0 spiro atoms. The van der Waals surface area contributed by atoms with Gasteiger partial charge in [0.25, 0.3) is 0 Å². The molecule has 1 atom stereocenters. The number of carbonyl (C=O) groups excluding carboxylic acids is 1. The largest absolute Gasteiger partial charge is 0.495 e. The molecule has 3 rings (SSSR count). The highest BCUT2D eigenvalue weighted by Crippen LogP contribution is 2.33. The van der Waals surface area contributed by atoms with Gasteiger partial charge < -0.3 is 19.5 Å². The number of likely N-dealkylation sites (tertiary alicyclic amines) is 1. The standard InChI is InChI=1S/C17H21N3O3/c1-11-6-7-16(22-3)14(9-11)18-17(21)20-8-4-5-15(20)13-10-12(2)23-19-13/h6-7,9-10,15H,4-5,8H2,1-3H3,(H,18,21). The van der Waals surface area contributed by atoms with Crippen molar-refractivity contribution in [2.24, 2.45) is 0 Å². The zero-order valence-corrected chi connectivity index (χ0v) is 13.6. The van der Waals surface area contributed by atoms with E-state index in [-0.39, 0.29) is 12.1 Å². The van der Waals surface area contributed by atoms with Crippen LogP contribution < -0.4 is 10.1 Å². The predicted octanol–water partition coefficient (Wildman–Crippen LogP) is 3.67. The number of ether oxygens (including phenoxy) is 1. The van der Waals surface area contributed by atoms with Crippen LogP contribution in [-0.4, -0.2) is 29.7 Å². The Bertz CT molecular complexity index is 711. The summed E-state index contributed by atoms with van der Waals surface area (Å²) in [5, 5.41) is 7.02. The molecular weight excluding hydrogens is 294 g/mol. The highest BCUT2D eigenvalue weighted by atomic mass is 16.5. The lowest BCUT2D eigenvalue weighted by Crippen LogP contribution is -2.34. The zero-order valence-electron chi connectivity index (χ0n) is 13.6. The molecule has 1 saturated heterocycles. The summed E-state index contributed by atoms with van der Waals surface area (Å²) in [5.74, 6) is 1.41. The van der Waals surface area contributed by atoms with Crippen molar-refractivity contribution >= 4 is 11.7 Å². The lowest BCUT2D eigenvalue weighted by molar-refractivity contribution is 0.204. The molecule has 6 nitrogen and oxygen atoms in total. The number of carbonyl (C=O) groups is 1. The molecule has 2 aromatic rings. The Morgan fingerprint density at radius 1 is 1.39 bits per heavy atom. The molecule has 23 heavy (non-hydrogen) atoms. The number of urea groups is 1. The van der Waals surface area contributed by atoms with Gasteiger partial charge in [-0.05, 0) is 44.4 Å². The number of anilines is 1. The van der Waals surface area contributed by atoms with E-state index in [1.807, 2.05) is 38.1 Å². The van der Waals surface area contributed by atoms with Crippen molar-refractivity contribution < 1.29 is 14.1 Å². The quantitative estimate of drug-likeness (QED) is 0.938. The van der Waals surface area contributed by atoms with Crippen LogP contribution in [-0.2, 0) is 0 Å². The van der Waals surface area contributed by atoms with Crippen LogP contribution in [0.5, 0.6) is 5.75 Å². The molecule has 2 amide bonds. The van der Waals surface area contributed by atoms with Gasteiger partial charge in [-0.15, -0.1) is 0 Å². The fraction of sp³-hybridized carbons (Fsp3) is 0.412. The zero-order chi connectivity index (χ0) is 16.4. The van der Waals surface area contributed by atoms with E-state index >= 15 is 0 Å². The van der Waals surface area contributed by atoms with E-state index in [4.69, 9.17) is 9.26 Å². The van der Waals surface area contributed by atoms with Crippen LogP contribution >= 0.6 is 0 Å². The topological polar surface area (TPSA) is 67.6 Å². The van der Waals surface area contributed by atoms with Crippen molar-refractivity contribution in [3.8, 4) is 5.75 Å². The summed E-state index contributed by atoms with van der Waals surface area (Å²) < 4.78 is 10.5. The second-order valence-electron chi connectivity index (χ2n) is 5.85. The summed E-state index contributed by atoms with van der Waals surface area (Å²) in [5.41, 5.74) is 2.55. The van der Waals surface area contributed by atoms with Crippen LogP contribution in [0, 0.1) is 13.8 Å². The molecule has 2 heterocycles. The van der Waals surface area contributed by atoms with E-state index in [1.54, 1.807) is 12.0 Å². The molecule has 1 aliphatic heterocycles. The Morgan fingerprint density at radius 2 is 2.22 bits per heavy atom. The number of aromatic nitrogens is 1. The van der Waals surface area contributed by atoms with Gasteiger partial charge in [0.1, 0.15) is 17.2 Å². The highest BCUT2D eigenvalue weighted by Gasteiger charge is 2.32. The molecule has 1 N–H and O–H groups in total.